The van der Waals surface area contributed by atoms with Gasteiger partial charge in [-0.3, -0.25) is 4.79 Å². The van der Waals surface area contributed by atoms with Crippen LogP contribution in [-0.2, 0) is 10.0 Å². The van der Waals surface area contributed by atoms with Crippen molar-refractivity contribution in [3.8, 4) is 0 Å². The Hall–Kier alpha value is -1.96. The number of rotatable bonds is 3. The number of aryl methyl sites for hydroxylation is 1. The first-order valence-corrected chi connectivity index (χ1v) is 10.3. The van der Waals surface area contributed by atoms with Gasteiger partial charge in [0, 0.05) is 31.7 Å². The summed E-state index contributed by atoms with van der Waals surface area (Å²) < 4.78 is 40.1. The minimum Gasteiger partial charge on any atom is -0.336 e. The number of sulfonamides is 1. The molecular weight excluding hydrogens is 391 g/mol. The molecule has 1 saturated heterocycles. The minimum atomic E-state index is -3.79. The van der Waals surface area contributed by atoms with E-state index >= 15 is 0 Å². The van der Waals surface area contributed by atoms with Crippen molar-refractivity contribution in [3.05, 3.63) is 63.9 Å². The number of nitrogens with zero attached hydrogens (tertiary/aromatic N) is 2. The fourth-order valence-electron chi connectivity index (χ4n) is 3.07. The molecule has 1 aliphatic rings. The molecule has 5 nitrogen and oxygen atoms in total. The van der Waals surface area contributed by atoms with Crippen LogP contribution in [0.15, 0.2) is 41.3 Å². The van der Waals surface area contributed by atoms with Gasteiger partial charge in [0.1, 0.15) is 5.82 Å². The van der Waals surface area contributed by atoms with Gasteiger partial charge < -0.3 is 4.90 Å². The monoisotopic (exact) mass is 410 g/mol. The Labute approximate surface area is 163 Å². The summed E-state index contributed by atoms with van der Waals surface area (Å²) >= 11 is 5.71. The van der Waals surface area contributed by atoms with Crippen molar-refractivity contribution >= 4 is 27.5 Å². The molecule has 0 spiro atoms. The lowest BCUT2D eigenvalue weighted by Gasteiger charge is -2.34. The zero-order valence-corrected chi connectivity index (χ0v) is 16.6. The third-order valence-corrected chi connectivity index (χ3v) is 7.07. The van der Waals surface area contributed by atoms with E-state index in [2.05, 4.69) is 0 Å². The van der Waals surface area contributed by atoms with E-state index in [1.807, 2.05) is 26.0 Å². The van der Waals surface area contributed by atoms with E-state index in [0.29, 0.717) is 18.7 Å². The highest BCUT2D eigenvalue weighted by molar-refractivity contribution is 7.89. The molecular formula is C19H20ClFN2O3S. The van der Waals surface area contributed by atoms with E-state index in [4.69, 9.17) is 11.6 Å². The molecule has 0 N–H and O–H groups in total. The lowest BCUT2D eigenvalue weighted by molar-refractivity contribution is 0.0697. The molecule has 0 bridgehead atoms. The Balaban J connectivity index is 1.74. The van der Waals surface area contributed by atoms with Crippen molar-refractivity contribution in [3.63, 3.8) is 0 Å². The molecule has 2 aromatic carbocycles. The molecule has 1 heterocycles. The Morgan fingerprint density at radius 2 is 1.74 bits per heavy atom. The summed E-state index contributed by atoms with van der Waals surface area (Å²) in [7, 11) is -3.79. The topological polar surface area (TPSA) is 57.7 Å². The normalized spacial score (nSPS) is 15.8. The molecule has 0 unspecified atom stereocenters. The van der Waals surface area contributed by atoms with Gasteiger partial charge in [-0.25, -0.2) is 12.8 Å². The first-order chi connectivity index (χ1) is 12.7. The number of carbonyl (C=O) groups excluding carboxylic acids is 1. The smallest absolute Gasteiger partial charge is 0.254 e. The van der Waals surface area contributed by atoms with Crippen LogP contribution in [-0.4, -0.2) is 49.7 Å². The van der Waals surface area contributed by atoms with Crippen LogP contribution in [0, 0.1) is 19.7 Å². The van der Waals surface area contributed by atoms with Gasteiger partial charge in [-0.15, -0.1) is 0 Å². The fraction of sp³-hybridized carbons (Fsp3) is 0.316. The third kappa shape index (κ3) is 3.85. The predicted molar refractivity (Wildman–Crippen MR) is 102 cm³/mol. The highest BCUT2D eigenvalue weighted by Gasteiger charge is 2.31. The van der Waals surface area contributed by atoms with Gasteiger partial charge >= 0.3 is 0 Å². The summed E-state index contributed by atoms with van der Waals surface area (Å²) in [4.78, 5) is 14.4. The van der Waals surface area contributed by atoms with Crippen LogP contribution in [0.25, 0.3) is 0 Å². The van der Waals surface area contributed by atoms with Crippen LogP contribution >= 0.6 is 11.6 Å². The largest absolute Gasteiger partial charge is 0.336 e. The molecule has 0 aliphatic carbocycles. The number of amides is 1. The van der Waals surface area contributed by atoms with E-state index in [1.165, 1.54) is 10.4 Å². The average molecular weight is 411 g/mol. The summed E-state index contributed by atoms with van der Waals surface area (Å²) in [6.07, 6.45) is 0. The molecule has 0 aromatic heterocycles. The first kappa shape index (κ1) is 19.8. The van der Waals surface area contributed by atoms with Gasteiger partial charge in [0.25, 0.3) is 5.91 Å². The second-order valence-electron chi connectivity index (χ2n) is 6.52. The van der Waals surface area contributed by atoms with Crippen molar-refractivity contribution in [2.45, 2.75) is 18.7 Å². The van der Waals surface area contributed by atoms with Crippen molar-refractivity contribution in [1.82, 2.24) is 9.21 Å². The summed E-state index contributed by atoms with van der Waals surface area (Å²) in [6.45, 7) is 4.79. The summed E-state index contributed by atoms with van der Waals surface area (Å²) in [5, 5.41) is -0.236. The maximum atomic E-state index is 13.3. The van der Waals surface area contributed by atoms with Crippen LogP contribution in [0.1, 0.15) is 21.5 Å². The highest BCUT2D eigenvalue weighted by Crippen LogP contribution is 2.24. The van der Waals surface area contributed by atoms with Crippen LogP contribution in [0.4, 0.5) is 4.39 Å². The van der Waals surface area contributed by atoms with Gasteiger partial charge in [-0.2, -0.15) is 4.31 Å². The van der Waals surface area contributed by atoms with Crippen molar-refractivity contribution in [2.24, 2.45) is 0 Å². The number of hydrogen-bond donors (Lipinski definition) is 0. The molecule has 1 amide bonds. The number of hydrogen-bond acceptors (Lipinski definition) is 3. The van der Waals surface area contributed by atoms with Gasteiger partial charge in [0.05, 0.1) is 9.92 Å². The molecule has 1 aliphatic heterocycles. The minimum absolute atomic E-state index is 0.0526. The standard InChI is InChI=1S/C19H20ClFN2O3S/c1-13-4-3-5-16(14(13)2)19(24)22-8-10-23(11-9-22)27(25,26)15-6-7-18(21)17(20)12-15/h3-7,12H,8-11H2,1-2H3. The van der Waals surface area contributed by atoms with Gasteiger partial charge in [0.15, 0.2) is 0 Å². The quantitative estimate of drug-likeness (QED) is 0.780. The highest BCUT2D eigenvalue weighted by atomic mass is 35.5. The predicted octanol–water partition coefficient (Wildman–Crippen LogP) is 3.24. The lowest BCUT2D eigenvalue weighted by Crippen LogP contribution is -2.50. The van der Waals surface area contributed by atoms with Crippen LogP contribution < -0.4 is 0 Å². The second kappa shape index (κ2) is 7.58. The third-order valence-electron chi connectivity index (χ3n) is 4.89. The molecule has 3 rings (SSSR count). The Kier molecular flexibility index (Phi) is 5.55. The number of benzene rings is 2. The van der Waals surface area contributed by atoms with Crippen molar-refractivity contribution in [1.29, 1.82) is 0 Å². The number of halogens is 2. The SMILES string of the molecule is Cc1cccc(C(=O)N2CCN(S(=O)(=O)c3ccc(F)c(Cl)c3)CC2)c1C. The maximum absolute atomic E-state index is 13.3. The lowest BCUT2D eigenvalue weighted by atomic mass is 10.0. The molecule has 0 saturated carbocycles. The average Bonchev–Trinajstić information content (AvgIpc) is 2.65. The van der Waals surface area contributed by atoms with Crippen molar-refractivity contribution in [2.75, 3.05) is 26.2 Å². The van der Waals surface area contributed by atoms with E-state index in [1.54, 1.807) is 11.0 Å². The first-order valence-electron chi connectivity index (χ1n) is 8.52. The Morgan fingerprint density at radius 3 is 2.37 bits per heavy atom. The van der Waals surface area contributed by atoms with Gasteiger partial charge in [-0.1, -0.05) is 23.7 Å². The molecule has 144 valence electrons. The molecule has 8 heteroatoms. The zero-order chi connectivity index (χ0) is 19.8. The van der Waals surface area contributed by atoms with Crippen molar-refractivity contribution < 1.29 is 17.6 Å². The summed E-state index contributed by atoms with van der Waals surface area (Å²) in [5.74, 6) is -0.766. The van der Waals surface area contributed by atoms with E-state index in [-0.39, 0.29) is 28.9 Å². The molecule has 27 heavy (non-hydrogen) atoms. The fourth-order valence-corrected chi connectivity index (χ4v) is 4.77. The number of piperazine rings is 1. The van der Waals surface area contributed by atoms with Crippen LogP contribution in [0.3, 0.4) is 0 Å². The van der Waals surface area contributed by atoms with Gasteiger partial charge in [0.2, 0.25) is 10.0 Å². The van der Waals surface area contributed by atoms with E-state index in [0.717, 1.165) is 23.3 Å². The molecule has 0 radical (unpaired) electrons. The Bertz CT molecular complexity index is 986. The van der Waals surface area contributed by atoms with Crippen LogP contribution in [0.2, 0.25) is 5.02 Å². The maximum Gasteiger partial charge on any atom is 0.254 e. The van der Waals surface area contributed by atoms with E-state index < -0.39 is 15.8 Å². The van der Waals surface area contributed by atoms with Crippen LogP contribution in [0.5, 0.6) is 0 Å². The summed E-state index contributed by atoms with van der Waals surface area (Å²) in [5.41, 5.74) is 2.60. The van der Waals surface area contributed by atoms with Gasteiger partial charge in [-0.05, 0) is 49.2 Å². The molecule has 0 atom stereocenters. The zero-order valence-electron chi connectivity index (χ0n) is 15.1. The van der Waals surface area contributed by atoms with E-state index in [9.17, 15) is 17.6 Å². The second-order valence-corrected chi connectivity index (χ2v) is 8.86. The Morgan fingerprint density at radius 1 is 1.07 bits per heavy atom. The summed E-state index contributed by atoms with van der Waals surface area (Å²) in [6, 6.07) is 8.92. The molecule has 1 fully saturated rings. The molecule has 2 aromatic rings. The number of carbonyl (C=O) groups is 1.